The molecule has 6 heteroatoms. The molecule has 20 heavy (non-hydrogen) atoms. The van der Waals surface area contributed by atoms with E-state index in [0.29, 0.717) is 29.9 Å². The Kier molecular flexibility index (Phi) is 4.32. The van der Waals surface area contributed by atoms with Crippen LogP contribution in [0.1, 0.15) is 43.2 Å². The fraction of sp³-hybridized carbons (Fsp3) is 0.571. The molecule has 1 heterocycles. The molecule has 0 spiro atoms. The molecule has 3 N–H and O–H groups in total. The number of hydrogen-bond acceptors (Lipinski definition) is 4. The first-order chi connectivity index (χ1) is 9.47. The Morgan fingerprint density at radius 1 is 1.50 bits per heavy atom. The molecule has 1 aliphatic carbocycles. The molecule has 6 nitrogen and oxygen atoms in total. The van der Waals surface area contributed by atoms with Gasteiger partial charge in [-0.3, -0.25) is 4.79 Å². The molecule has 0 aromatic carbocycles. The number of anilines is 1. The van der Waals surface area contributed by atoms with Crippen LogP contribution in [-0.2, 0) is 9.53 Å². The monoisotopic (exact) mass is 279 g/mol. The summed E-state index contributed by atoms with van der Waals surface area (Å²) in [7, 11) is 0. The second-order valence-corrected chi connectivity index (χ2v) is 5.57. The lowest BCUT2D eigenvalue weighted by molar-refractivity contribution is -0.124. The summed E-state index contributed by atoms with van der Waals surface area (Å²) in [6.07, 6.45) is 3.83. The topological polar surface area (TPSA) is 86.3 Å². The van der Waals surface area contributed by atoms with E-state index in [1.165, 1.54) is 0 Å². The highest BCUT2D eigenvalue weighted by Crippen LogP contribution is 2.37. The van der Waals surface area contributed by atoms with Crippen molar-refractivity contribution in [1.82, 2.24) is 9.88 Å². The van der Waals surface area contributed by atoms with Crippen molar-refractivity contribution < 1.29 is 14.3 Å². The van der Waals surface area contributed by atoms with Gasteiger partial charge in [0.2, 0.25) is 0 Å². The van der Waals surface area contributed by atoms with Crippen LogP contribution in [0, 0.1) is 5.92 Å². The maximum Gasteiger partial charge on any atom is 0.355 e. The largest absolute Gasteiger partial charge is 0.451 e. The predicted octanol–water partition coefficient (Wildman–Crippen LogP) is 1.33. The highest BCUT2D eigenvalue weighted by atomic mass is 16.5. The molecule has 1 aromatic rings. The predicted molar refractivity (Wildman–Crippen MR) is 75.2 cm³/mol. The van der Waals surface area contributed by atoms with Gasteiger partial charge in [0.1, 0.15) is 5.69 Å². The summed E-state index contributed by atoms with van der Waals surface area (Å²) >= 11 is 0. The molecule has 1 saturated carbocycles. The highest BCUT2D eigenvalue weighted by molar-refractivity contribution is 5.91. The summed E-state index contributed by atoms with van der Waals surface area (Å²) in [5.41, 5.74) is 6.67. The average Bonchev–Trinajstić information content (AvgIpc) is 3.16. The number of nitrogen functional groups attached to an aromatic ring is 1. The normalized spacial score (nSPS) is 14.3. The summed E-state index contributed by atoms with van der Waals surface area (Å²) < 4.78 is 6.86. The first kappa shape index (κ1) is 14.4. The van der Waals surface area contributed by atoms with E-state index in [0.717, 1.165) is 12.8 Å². The molecule has 0 saturated heterocycles. The zero-order valence-electron chi connectivity index (χ0n) is 11.9. The Morgan fingerprint density at radius 2 is 2.20 bits per heavy atom. The number of carbonyl (C=O) groups excluding carboxylic acids is 2. The van der Waals surface area contributed by atoms with E-state index in [2.05, 4.69) is 5.32 Å². The molecular formula is C14H21N3O3. The second kappa shape index (κ2) is 5.98. The maximum absolute atomic E-state index is 12.0. The van der Waals surface area contributed by atoms with E-state index >= 15 is 0 Å². The van der Waals surface area contributed by atoms with Crippen LogP contribution in [0.25, 0.3) is 0 Å². The lowest BCUT2D eigenvalue weighted by Gasteiger charge is -2.09. The highest BCUT2D eigenvalue weighted by Gasteiger charge is 2.28. The quantitative estimate of drug-likeness (QED) is 0.769. The van der Waals surface area contributed by atoms with Crippen LogP contribution in [0.15, 0.2) is 12.3 Å². The zero-order valence-corrected chi connectivity index (χ0v) is 11.9. The minimum absolute atomic E-state index is 0.263. The summed E-state index contributed by atoms with van der Waals surface area (Å²) in [6, 6.07) is 1.93. The number of amides is 1. The summed E-state index contributed by atoms with van der Waals surface area (Å²) in [5, 5.41) is 2.70. The zero-order chi connectivity index (χ0) is 14.7. The Labute approximate surface area is 118 Å². The first-order valence-electron chi connectivity index (χ1n) is 6.88. The third kappa shape index (κ3) is 3.76. The Balaban J connectivity index is 1.87. The molecule has 2 rings (SSSR count). The molecule has 0 aliphatic heterocycles. The van der Waals surface area contributed by atoms with Crippen LogP contribution >= 0.6 is 0 Å². The number of nitrogens with zero attached hydrogens (tertiary/aromatic N) is 1. The van der Waals surface area contributed by atoms with Crippen LogP contribution < -0.4 is 11.1 Å². The first-order valence-corrected chi connectivity index (χ1v) is 6.88. The molecule has 0 radical (unpaired) electrons. The molecule has 1 amide bonds. The second-order valence-electron chi connectivity index (χ2n) is 5.57. The van der Waals surface area contributed by atoms with Gasteiger partial charge in [0.25, 0.3) is 5.91 Å². The number of rotatable bonds is 6. The van der Waals surface area contributed by atoms with Gasteiger partial charge in [-0.2, -0.15) is 0 Å². The van der Waals surface area contributed by atoms with Crippen molar-refractivity contribution in [1.29, 1.82) is 0 Å². The van der Waals surface area contributed by atoms with E-state index in [1.54, 1.807) is 12.3 Å². The Bertz CT molecular complexity index is 504. The van der Waals surface area contributed by atoms with Crippen molar-refractivity contribution in [2.24, 2.45) is 5.92 Å². The number of aromatic nitrogens is 1. The van der Waals surface area contributed by atoms with Crippen LogP contribution in [-0.4, -0.2) is 29.6 Å². The van der Waals surface area contributed by atoms with Gasteiger partial charge >= 0.3 is 5.97 Å². The number of carbonyl (C=O) groups is 2. The number of esters is 1. The standard InChI is InChI=1S/C14H21N3O3/c1-9(2)6-16-13(18)8-20-14(19)12-5-10(15)7-17(12)11-3-4-11/h5,7,9,11H,3-4,6,8,15H2,1-2H3,(H,16,18). The van der Waals surface area contributed by atoms with Gasteiger partial charge in [-0.1, -0.05) is 13.8 Å². The van der Waals surface area contributed by atoms with Gasteiger partial charge in [0, 0.05) is 18.8 Å². The van der Waals surface area contributed by atoms with Crippen molar-refractivity contribution in [2.75, 3.05) is 18.9 Å². The van der Waals surface area contributed by atoms with Crippen LogP contribution in [0.3, 0.4) is 0 Å². The molecule has 1 aliphatic rings. The van der Waals surface area contributed by atoms with Crippen molar-refractivity contribution in [3.8, 4) is 0 Å². The van der Waals surface area contributed by atoms with Crippen molar-refractivity contribution in [3.05, 3.63) is 18.0 Å². The van der Waals surface area contributed by atoms with E-state index in [4.69, 9.17) is 10.5 Å². The smallest absolute Gasteiger partial charge is 0.355 e. The fourth-order valence-corrected chi connectivity index (χ4v) is 1.89. The van der Waals surface area contributed by atoms with Gasteiger partial charge in [-0.05, 0) is 24.8 Å². The van der Waals surface area contributed by atoms with E-state index in [1.807, 2.05) is 18.4 Å². The van der Waals surface area contributed by atoms with Crippen LogP contribution in [0.2, 0.25) is 0 Å². The fourth-order valence-electron chi connectivity index (χ4n) is 1.89. The third-order valence-electron chi connectivity index (χ3n) is 3.06. The number of nitrogens with two attached hydrogens (primary N) is 1. The summed E-state index contributed by atoms with van der Waals surface area (Å²) in [4.78, 5) is 23.5. The third-order valence-corrected chi connectivity index (χ3v) is 3.06. The minimum atomic E-state index is -0.506. The molecule has 1 aromatic heterocycles. The van der Waals surface area contributed by atoms with E-state index in [-0.39, 0.29) is 12.5 Å². The van der Waals surface area contributed by atoms with Gasteiger partial charge < -0.3 is 20.4 Å². The van der Waals surface area contributed by atoms with Gasteiger partial charge in [0.15, 0.2) is 6.61 Å². The van der Waals surface area contributed by atoms with Gasteiger partial charge in [-0.15, -0.1) is 0 Å². The molecule has 1 fully saturated rings. The summed E-state index contributed by atoms with van der Waals surface area (Å²) in [5.74, 6) is -0.431. The molecule has 0 bridgehead atoms. The molecular weight excluding hydrogens is 258 g/mol. The van der Waals surface area contributed by atoms with Crippen molar-refractivity contribution >= 4 is 17.6 Å². The maximum atomic E-state index is 12.0. The molecule has 0 unspecified atom stereocenters. The number of nitrogens with one attached hydrogen (secondary N) is 1. The minimum Gasteiger partial charge on any atom is -0.451 e. The lowest BCUT2D eigenvalue weighted by atomic mass is 10.2. The molecule has 110 valence electrons. The number of ether oxygens (including phenoxy) is 1. The Hall–Kier alpha value is -1.98. The summed E-state index contributed by atoms with van der Waals surface area (Å²) in [6.45, 7) is 4.30. The van der Waals surface area contributed by atoms with Crippen LogP contribution in [0.5, 0.6) is 0 Å². The van der Waals surface area contributed by atoms with Crippen molar-refractivity contribution in [3.63, 3.8) is 0 Å². The SMILES string of the molecule is CC(C)CNC(=O)COC(=O)c1cc(N)cn1C1CC1. The average molecular weight is 279 g/mol. The van der Waals surface area contributed by atoms with Gasteiger partial charge in [-0.25, -0.2) is 4.79 Å². The number of hydrogen-bond donors (Lipinski definition) is 2. The molecule has 0 atom stereocenters. The van der Waals surface area contributed by atoms with Gasteiger partial charge in [0.05, 0.1) is 5.69 Å². The van der Waals surface area contributed by atoms with Crippen molar-refractivity contribution in [2.45, 2.75) is 32.7 Å². The van der Waals surface area contributed by atoms with E-state index in [9.17, 15) is 9.59 Å². The van der Waals surface area contributed by atoms with E-state index < -0.39 is 5.97 Å². The lowest BCUT2D eigenvalue weighted by Crippen LogP contribution is -2.31. The Morgan fingerprint density at radius 3 is 2.80 bits per heavy atom. The van der Waals surface area contributed by atoms with Crippen LogP contribution in [0.4, 0.5) is 5.69 Å².